The molecule has 0 fully saturated rings. The van der Waals surface area contributed by atoms with Gasteiger partial charge >= 0.3 is 17.9 Å². The smallest absolute Gasteiger partial charge is 0.327 e. The van der Waals surface area contributed by atoms with Crippen LogP contribution < -0.4 is 64.5 Å². The van der Waals surface area contributed by atoms with Gasteiger partial charge in [0.2, 0.25) is 23.7 Å². The zero-order valence-electron chi connectivity index (χ0n) is 53.5. The lowest BCUT2D eigenvalue weighted by Gasteiger charge is -2.24. The number of hydrogen-bond donors (Lipinski definition) is 18. The SMILES string of the molecule is N=C(N)NCCC[C@@H](NC(=O)CCC(NC(=O)c1ccc(NCc2cnc3nc(N)[nH]c(=O)c3n2)cc1)C(=O)O)C(=O)N[C@H](CC(=O)O)C(=O)NC(CSSCCCNc1ccc2[nH]c(C(=O)Nc3ccc4[nH]c(C(=O)N5CC(CCl)c6c5cc(O)c5ccccc65)cc4c3)cc2c1)C(=O)O. The third-order valence-electron chi connectivity index (χ3n) is 16.2. The number of phenolic OH excluding ortho intramolecular Hbond substituents is 1. The predicted octanol–water partition coefficient (Wildman–Crippen LogP) is 5.09. The molecule has 20 N–H and O–H groups in total. The van der Waals surface area contributed by atoms with Crippen molar-refractivity contribution in [2.24, 2.45) is 5.73 Å². The summed E-state index contributed by atoms with van der Waals surface area (Å²) in [6.45, 7) is 1.00. The number of hydrogen-bond acceptors (Lipinski definition) is 20. The number of fused-ring (bicyclic) bond motifs is 6. The number of aromatic nitrogens is 6. The molecule has 0 radical (unpaired) electrons. The first kappa shape index (κ1) is 72.1. The molecule has 0 spiro atoms. The number of benzene rings is 5. The highest BCUT2D eigenvalue weighted by molar-refractivity contribution is 8.76. The van der Waals surface area contributed by atoms with E-state index in [-0.39, 0.29) is 77.8 Å². The van der Waals surface area contributed by atoms with E-state index in [4.69, 9.17) is 28.5 Å². The van der Waals surface area contributed by atoms with Crippen molar-refractivity contribution >= 4 is 165 Å². The Morgan fingerprint density at radius 3 is 2.09 bits per heavy atom. The summed E-state index contributed by atoms with van der Waals surface area (Å²) in [5.41, 5.74) is 16.2. The number of carbonyl (C=O) groups excluding carboxylic acids is 6. The number of nitrogens with zero attached hydrogens (tertiary/aromatic N) is 4. The number of halogens is 1. The zero-order chi connectivity index (χ0) is 72.0. The van der Waals surface area contributed by atoms with Gasteiger partial charge in [-0.3, -0.25) is 48.7 Å². The minimum atomic E-state index is -1.83. The van der Waals surface area contributed by atoms with Crippen LogP contribution in [0.1, 0.15) is 87.0 Å². The molecule has 10 rings (SSSR count). The number of guanidine groups is 1. The molecule has 5 aromatic carbocycles. The number of amides is 6. The average Bonchev–Trinajstić information content (AvgIpc) is 1.60. The molecule has 0 aliphatic carbocycles. The molecule has 4 aromatic heterocycles. The minimum absolute atomic E-state index is 0.0158. The maximum Gasteiger partial charge on any atom is 0.327 e. The Morgan fingerprint density at radius 1 is 0.703 bits per heavy atom. The van der Waals surface area contributed by atoms with E-state index in [2.05, 4.69) is 72.4 Å². The highest BCUT2D eigenvalue weighted by Gasteiger charge is 2.36. The molecule has 526 valence electrons. The van der Waals surface area contributed by atoms with Crippen molar-refractivity contribution in [1.82, 2.24) is 56.5 Å². The Labute approximate surface area is 585 Å². The maximum atomic E-state index is 14.1. The Morgan fingerprint density at radius 2 is 1.38 bits per heavy atom. The van der Waals surface area contributed by atoms with Crippen molar-refractivity contribution < 1.29 is 63.6 Å². The molecule has 32 nitrogen and oxygen atoms in total. The standard InChI is InChI=1S/C66H69ClN18O14S2/c67-27-35-30-85(50-26-51(86)40-5-1-2-6-41(40)54(35)50)62(95)48-24-34-22-38(13-15-43(34)78-48)76-59(92)46-23-33-21-37(12-14-42(33)77-46)71-19-4-20-100-101-31-49(64(98)99)82-60(93)47(25-53(88)89)81-58(91)44(7-3-18-72-65(68)69)79-52(87)17-16-45(63(96)97)80-57(90)32-8-10-36(11-9-32)73-28-39-29-74-56-55(75-39)61(94)84-66(70)83-56/h1-2,5-6,8-15,21-24,26,29,35,44-45,47,49,71,73,77-78,86H,3-4,7,16-20,25,27-28,30-31H2,(H,76,92)(H,79,87)(H,80,90)(H,81,91)(H,82,93)(H,88,89)(H,96,97)(H,98,99)(H4,68,69,72)(H3,70,74,83,84,94)/t35?,44-,45?,47-,49?/m1/s1. The van der Waals surface area contributed by atoms with Gasteiger partial charge in [-0.2, -0.15) is 4.98 Å². The number of aromatic hydroxyl groups is 1. The van der Waals surface area contributed by atoms with Gasteiger partial charge in [0.15, 0.2) is 17.1 Å². The molecule has 5 heterocycles. The summed E-state index contributed by atoms with van der Waals surface area (Å²) in [6, 6.07) is 22.8. The number of carboxylic acid groups (broad SMARTS) is 3. The molecule has 6 amide bonds. The monoisotopic (exact) mass is 1440 g/mol. The number of anilines is 5. The largest absolute Gasteiger partial charge is 0.507 e. The van der Waals surface area contributed by atoms with Crippen molar-refractivity contribution in [1.29, 1.82) is 5.41 Å². The zero-order valence-corrected chi connectivity index (χ0v) is 55.9. The van der Waals surface area contributed by atoms with E-state index in [9.17, 15) is 68.4 Å². The van der Waals surface area contributed by atoms with E-state index in [1.54, 1.807) is 41.3 Å². The summed E-state index contributed by atoms with van der Waals surface area (Å²) in [5.74, 6) is -8.92. The second kappa shape index (κ2) is 32.8. The van der Waals surface area contributed by atoms with Crippen molar-refractivity contribution in [2.45, 2.75) is 75.2 Å². The number of aliphatic carboxylic acids is 3. The van der Waals surface area contributed by atoms with E-state index >= 15 is 0 Å². The molecule has 35 heteroatoms. The lowest BCUT2D eigenvalue weighted by molar-refractivity contribution is -0.143. The van der Waals surface area contributed by atoms with Gasteiger partial charge in [-0.05, 0) is 109 Å². The normalized spacial score (nSPS) is 13.7. The maximum absolute atomic E-state index is 14.1. The third-order valence-corrected chi connectivity index (χ3v) is 19.1. The number of rotatable bonds is 33. The van der Waals surface area contributed by atoms with Crippen molar-refractivity contribution in [3.63, 3.8) is 0 Å². The lowest BCUT2D eigenvalue weighted by Crippen LogP contribution is -2.56. The van der Waals surface area contributed by atoms with Crippen LogP contribution in [0.2, 0.25) is 0 Å². The van der Waals surface area contributed by atoms with Gasteiger partial charge in [0.1, 0.15) is 41.3 Å². The van der Waals surface area contributed by atoms with E-state index in [0.717, 1.165) is 32.8 Å². The summed E-state index contributed by atoms with van der Waals surface area (Å²) in [6.07, 6.45) is -0.0522. The fourth-order valence-electron chi connectivity index (χ4n) is 11.2. The molecule has 0 bridgehead atoms. The Bertz CT molecular complexity index is 4750. The highest BCUT2D eigenvalue weighted by Crippen LogP contribution is 2.46. The topological polar surface area (TPSA) is 513 Å². The van der Waals surface area contributed by atoms with Gasteiger partial charge in [-0.1, -0.05) is 45.9 Å². The molecule has 1 aliphatic rings. The molecule has 9 aromatic rings. The first-order valence-electron chi connectivity index (χ1n) is 31.5. The summed E-state index contributed by atoms with van der Waals surface area (Å²) in [7, 11) is 2.46. The van der Waals surface area contributed by atoms with E-state index in [0.29, 0.717) is 81.2 Å². The molecule has 0 saturated carbocycles. The van der Waals surface area contributed by atoms with Gasteiger partial charge in [0.05, 0.1) is 30.5 Å². The Hall–Kier alpha value is -11.7. The van der Waals surface area contributed by atoms with E-state index in [1.165, 1.54) is 41.3 Å². The van der Waals surface area contributed by atoms with E-state index < -0.39 is 102 Å². The average molecular weight is 1440 g/mol. The fourth-order valence-corrected chi connectivity index (χ4v) is 13.7. The van der Waals surface area contributed by atoms with Crippen LogP contribution in [0.4, 0.5) is 28.7 Å². The third kappa shape index (κ3) is 18.4. The fraction of sp³-hybridized carbons (Fsp3) is 0.273. The van der Waals surface area contributed by atoms with Crippen LogP contribution in [-0.2, 0) is 35.3 Å². The summed E-state index contributed by atoms with van der Waals surface area (Å²) < 4.78 is 0. The second-order valence-electron chi connectivity index (χ2n) is 23.4. The molecule has 5 atom stereocenters. The lowest BCUT2D eigenvalue weighted by atomic mass is 9.95. The number of nitrogens with two attached hydrogens (primary N) is 2. The van der Waals surface area contributed by atoms with Crippen LogP contribution in [-0.4, -0.2) is 171 Å². The number of carboxylic acids is 3. The number of carbonyl (C=O) groups is 9. The van der Waals surface area contributed by atoms with Gasteiger partial charge in [-0.25, -0.2) is 19.6 Å². The van der Waals surface area contributed by atoms with E-state index in [1.807, 2.05) is 42.5 Å². The number of phenols is 1. The van der Waals surface area contributed by atoms with Gasteiger partial charge in [0.25, 0.3) is 23.3 Å². The van der Waals surface area contributed by atoms with Crippen LogP contribution in [0.25, 0.3) is 43.7 Å². The molecular formula is C66H69ClN18O14S2. The molecule has 1 aliphatic heterocycles. The van der Waals surface area contributed by atoms with Gasteiger partial charge in [0, 0.05) is 105 Å². The van der Waals surface area contributed by atoms with Crippen molar-refractivity contribution in [3.8, 4) is 5.75 Å². The first-order chi connectivity index (χ1) is 48.5. The van der Waals surface area contributed by atoms with Gasteiger partial charge in [-0.15, -0.1) is 11.6 Å². The quantitative estimate of drug-likeness (QED) is 0.00837. The Balaban J connectivity index is 0.658. The second-order valence-corrected chi connectivity index (χ2v) is 26.4. The van der Waals surface area contributed by atoms with Crippen LogP contribution in [0.15, 0.2) is 114 Å². The van der Waals surface area contributed by atoms with Crippen LogP contribution >= 0.6 is 33.2 Å². The minimum Gasteiger partial charge on any atom is -0.507 e. The first-order valence-corrected chi connectivity index (χ1v) is 34.5. The van der Waals surface area contributed by atoms with Crippen molar-refractivity contribution in [3.05, 3.63) is 148 Å². The number of nitrogens with one attached hydrogen (secondary N) is 12. The summed E-state index contributed by atoms with van der Waals surface area (Å²) in [5, 5.41) is 72.4. The molecule has 0 saturated heterocycles. The number of nitrogen functional groups attached to an aromatic ring is 1. The van der Waals surface area contributed by atoms with Crippen LogP contribution in [0.5, 0.6) is 5.75 Å². The Kier molecular flexibility index (Phi) is 23.4. The predicted molar refractivity (Wildman–Crippen MR) is 382 cm³/mol. The molecule has 101 heavy (non-hydrogen) atoms. The van der Waals surface area contributed by atoms with Crippen LogP contribution in [0, 0.1) is 5.41 Å². The summed E-state index contributed by atoms with van der Waals surface area (Å²) in [4.78, 5) is 153. The molecular weight excluding hydrogens is 1370 g/mol. The number of H-pyrrole nitrogens is 3. The number of alkyl halides is 1. The number of aromatic amines is 3. The summed E-state index contributed by atoms with van der Waals surface area (Å²) >= 11 is 6.42. The van der Waals surface area contributed by atoms with Gasteiger partial charge < -0.3 is 89.3 Å². The van der Waals surface area contributed by atoms with Crippen LogP contribution in [0.3, 0.4) is 0 Å². The van der Waals surface area contributed by atoms with Crippen molar-refractivity contribution in [2.75, 3.05) is 63.6 Å². The highest BCUT2D eigenvalue weighted by atomic mass is 35.5. The molecule has 3 unspecified atom stereocenters.